The summed E-state index contributed by atoms with van der Waals surface area (Å²) in [5.41, 5.74) is 0. The standard InChI is InChI=1S/C39H75NO7Si/c1-9-12-14-16-18-20-21-23-25-27-32(41)30-34(42)40-35-37(44-29-26-24-22-19-17-15-13-10-2)36(43)33(47-38(35)45-28-11-3)31-46-48(7,8)39(4,5)6/h11,28,33,35-38,43H,9-10,12-27,29-31H2,1-8H3,(H,40,42)/b28-11+. The normalized spacial score (nSPS) is 21.9. The second-order valence-corrected chi connectivity index (χ2v) is 20.2. The predicted molar refractivity (Wildman–Crippen MR) is 199 cm³/mol. The van der Waals surface area contributed by atoms with Crippen LogP contribution >= 0.6 is 0 Å². The van der Waals surface area contributed by atoms with Gasteiger partial charge in [-0.15, -0.1) is 0 Å². The molecule has 2 N–H and O–H groups in total. The van der Waals surface area contributed by atoms with Gasteiger partial charge in [0.05, 0.1) is 19.3 Å². The molecule has 1 rings (SSSR count). The third kappa shape index (κ3) is 18.7. The molecule has 0 aromatic carbocycles. The number of carbonyl (C=O) groups excluding carboxylic acids is 2. The molecule has 282 valence electrons. The van der Waals surface area contributed by atoms with E-state index in [-0.39, 0.29) is 23.8 Å². The zero-order valence-electron chi connectivity index (χ0n) is 32.3. The second kappa shape index (κ2) is 25.7. The highest BCUT2D eigenvalue weighted by molar-refractivity contribution is 6.74. The van der Waals surface area contributed by atoms with E-state index < -0.39 is 44.9 Å². The molecule has 0 bridgehead atoms. The number of unbranched alkanes of at least 4 members (excludes halogenated alkanes) is 15. The fourth-order valence-corrected chi connectivity index (χ4v) is 6.79. The lowest BCUT2D eigenvalue weighted by atomic mass is 9.96. The van der Waals surface area contributed by atoms with Crippen molar-refractivity contribution >= 4 is 20.0 Å². The van der Waals surface area contributed by atoms with Gasteiger partial charge in [0.25, 0.3) is 0 Å². The lowest BCUT2D eigenvalue weighted by Crippen LogP contribution is -2.66. The molecule has 5 atom stereocenters. The number of hydrogen-bond donors (Lipinski definition) is 2. The van der Waals surface area contributed by atoms with Crippen molar-refractivity contribution in [3.05, 3.63) is 12.3 Å². The number of Topliss-reactive ketones (excluding diaryl/α,β-unsaturated/α-hetero) is 1. The maximum atomic E-state index is 13.2. The number of amides is 1. The van der Waals surface area contributed by atoms with Gasteiger partial charge < -0.3 is 29.1 Å². The summed E-state index contributed by atoms with van der Waals surface area (Å²) in [5.74, 6) is -0.474. The largest absolute Gasteiger partial charge is 0.471 e. The third-order valence-electron chi connectivity index (χ3n) is 9.99. The Kier molecular flexibility index (Phi) is 23.9. The summed E-state index contributed by atoms with van der Waals surface area (Å²) in [5, 5.41) is 14.6. The van der Waals surface area contributed by atoms with E-state index in [1.807, 2.05) is 6.92 Å². The zero-order chi connectivity index (χ0) is 35.8. The molecule has 8 nitrogen and oxygen atoms in total. The minimum atomic E-state index is -2.12. The van der Waals surface area contributed by atoms with Crippen LogP contribution in [-0.4, -0.2) is 69.0 Å². The average molecular weight is 698 g/mol. The predicted octanol–water partition coefficient (Wildman–Crippen LogP) is 9.54. The molecule has 1 saturated heterocycles. The van der Waals surface area contributed by atoms with Crippen molar-refractivity contribution in [1.29, 1.82) is 0 Å². The number of ether oxygens (including phenoxy) is 3. The van der Waals surface area contributed by atoms with E-state index in [2.05, 4.69) is 53.0 Å². The fraction of sp³-hybridized carbons (Fsp3) is 0.897. The van der Waals surface area contributed by atoms with E-state index in [0.29, 0.717) is 13.0 Å². The lowest BCUT2D eigenvalue weighted by Gasteiger charge is -2.45. The van der Waals surface area contributed by atoms with Crippen molar-refractivity contribution in [2.45, 2.75) is 212 Å². The summed E-state index contributed by atoms with van der Waals surface area (Å²) < 4.78 is 25.0. The Labute approximate surface area is 296 Å². The number of ketones is 1. The van der Waals surface area contributed by atoms with E-state index in [1.54, 1.807) is 6.08 Å². The van der Waals surface area contributed by atoms with Crippen LogP contribution in [0.25, 0.3) is 0 Å². The highest BCUT2D eigenvalue weighted by Gasteiger charge is 2.49. The quantitative estimate of drug-likeness (QED) is 0.0363. The molecule has 0 saturated carbocycles. The van der Waals surface area contributed by atoms with E-state index in [1.165, 1.54) is 76.9 Å². The van der Waals surface area contributed by atoms with Gasteiger partial charge in [-0.2, -0.15) is 0 Å². The van der Waals surface area contributed by atoms with Crippen LogP contribution in [0.1, 0.15) is 164 Å². The molecular weight excluding hydrogens is 623 g/mol. The number of aliphatic hydroxyl groups is 1. The fourth-order valence-electron chi connectivity index (χ4n) is 5.78. The Morgan fingerprint density at radius 2 is 1.35 bits per heavy atom. The second-order valence-electron chi connectivity index (χ2n) is 15.4. The summed E-state index contributed by atoms with van der Waals surface area (Å²) in [4.78, 5) is 25.9. The van der Waals surface area contributed by atoms with Gasteiger partial charge in [-0.05, 0) is 37.9 Å². The Hall–Kier alpha value is -1.26. The number of rotatable bonds is 28. The zero-order valence-corrected chi connectivity index (χ0v) is 33.3. The Balaban J connectivity index is 2.85. The first-order valence-electron chi connectivity index (χ1n) is 19.5. The topological polar surface area (TPSA) is 103 Å². The van der Waals surface area contributed by atoms with Crippen molar-refractivity contribution in [1.82, 2.24) is 5.32 Å². The molecular formula is C39H75NO7Si. The van der Waals surface area contributed by atoms with Crippen LogP contribution in [-0.2, 0) is 28.2 Å². The van der Waals surface area contributed by atoms with Crippen molar-refractivity contribution in [2.75, 3.05) is 13.2 Å². The van der Waals surface area contributed by atoms with Gasteiger partial charge in [-0.1, -0.05) is 137 Å². The van der Waals surface area contributed by atoms with E-state index >= 15 is 0 Å². The molecule has 9 heteroatoms. The molecule has 1 aliphatic rings. The van der Waals surface area contributed by atoms with Gasteiger partial charge in [-0.25, -0.2) is 0 Å². The maximum Gasteiger partial charge on any atom is 0.227 e. The smallest absolute Gasteiger partial charge is 0.227 e. The van der Waals surface area contributed by atoms with Gasteiger partial charge in [0, 0.05) is 13.0 Å². The first-order valence-corrected chi connectivity index (χ1v) is 22.5. The minimum Gasteiger partial charge on any atom is -0.471 e. The molecule has 1 fully saturated rings. The average Bonchev–Trinajstić information content (AvgIpc) is 3.02. The summed E-state index contributed by atoms with van der Waals surface area (Å²) in [6.45, 7) is 17.8. The van der Waals surface area contributed by atoms with Gasteiger partial charge in [0.15, 0.2) is 8.32 Å². The molecule has 0 aromatic rings. The van der Waals surface area contributed by atoms with Gasteiger partial charge in [0.2, 0.25) is 12.2 Å². The summed E-state index contributed by atoms with van der Waals surface area (Å²) >= 11 is 0. The van der Waals surface area contributed by atoms with Crippen molar-refractivity contribution in [2.24, 2.45) is 0 Å². The number of allylic oxidation sites excluding steroid dienone is 1. The van der Waals surface area contributed by atoms with Crippen molar-refractivity contribution < 1.29 is 33.3 Å². The first-order chi connectivity index (χ1) is 22.9. The van der Waals surface area contributed by atoms with Crippen molar-refractivity contribution in [3.63, 3.8) is 0 Å². The van der Waals surface area contributed by atoms with Crippen LogP contribution < -0.4 is 5.32 Å². The van der Waals surface area contributed by atoms with Gasteiger partial charge in [0.1, 0.15) is 30.1 Å². The minimum absolute atomic E-state index is 0.00277. The summed E-state index contributed by atoms with van der Waals surface area (Å²) in [6, 6.07) is -0.789. The highest BCUT2D eigenvalue weighted by Crippen LogP contribution is 2.37. The van der Waals surface area contributed by atoms with Gasteiger partial charge in [-0.3, -0.25) is 9.59 Å². The monoisotopic (exact) mass is 698 g/mol. The molecule has 0 radical (unpaired) electrons. The molecule has 1 heterocycles. The molecule has 5 unspecified atom stereocenters. The van der Waals surface area contributed by atoms with Gasteiger partial charge >= 0.3 is 0 Å². The van der Waals surface area contributed by atoms with Crippen LogP contribution in [0.5, 0.6) is 0 Å². The Morgan fingerprint density at radius 1 is 0.833 bits per heavy atom. The van der Waals surface area contributed by atoms with Crippen LogP contribution in [0, 0.1) is 0 Å². The summed E-state index contributed by atoms with van der Waals surface area (Å²) in [6.07, 6.45) is 20.0. The van der Waals surface area contributed by atoms with E-state index in [0.717, 1.165) is 38.5 Å². The molecule has 1 aliphatic heterocycles. The van der Waals surface area contributed by atoms with Crippen LogP contribution in [0.3, 0.4) is 0 Å². The number of nitrogens with one attached hydrogen (secondary N) is 1. The number of carbonyl (C=O) groups is 2. The SMILES string of the molecule is C/C=C/OC1OC(CO[Si](C)(C)C(C)(C)C)C(O)C(OCCCCCCCCCC)C1NC(=O)CC(=O)CCCCCCCCCCC. The molecule has 1 amide bonds. The van der Waals surface area contributed by atoms with Crippen LogP contribution in [0.2, 0.25) is 18.1 Å². The number of hydrogen-bond acceptors (Lipinski definition) is 7. The molecule has 0 spiro atoms. The number of aliphatic hydroxyl groups excluding tert-OH is 1. The molecule has 48 heavy (non-hydrogen) atoms. The van der Waals surface area contributed by atoms with E-state index in [9.17, 15) is 14.7 Å². The molecule has 0 aromatic heterocycles. The highest BCUT2D eigenvalue weighted by atomic mass is 28.4. The Morgan fingerprint density at radius 3 is 1.88 bits per heavy atom. The van der Waals surface area contributed by atoms with Crippen LogP contribution in [0.4, 0.5) is 0 Å². The van der Waals surface area contributed by atoms with E-state index in [4.69, 9.17) is 18.6 Å². The Bertz CT molecular complexity index is 875. The maximum absolute atomic E-state index is 13.2. The first kappa shape index (κ1) is 44.8. The lowest BCUT2D eigenvalue weighted by molar-refractivity contribution is -0.262. The van der Waals surface area contributed by atoms with Crippen molar-refractivity contribution in [3.8, 4) is 0 Å². The van der Waals surface area contributed by atoms with Crippen LogP contribution in [0.15, 0.2) is 12.3 Å². The molecule has 0 aliphatic carbocycles. The summed E-state index contributed by atoms with van der Waals surface area (Å²) in [7, 11) is -2.12. The third-order valence-corrected chi connectivity index (χ3v) is 14.5.